The van der Waals surface area contributed by atoms with E-state index in [9.17, 15) is 9.18 Å². The van der Waals surface area contributed by atoms with Crippen LogP contribution in [0.1, 0.15) is 37.4 Å². The van der Waals surface area contributed by atoms with Crippen molar-refractivity contribution in [1.82, 2.24) is 0 Å². The van der Waals surface area contributed by atoms with Gasteiger partial charge in [0.2, 0.25) is 0 Å². The number of fused-ring (bicyclic) bond motifs is 1. The second-order valence-electron chi connectivity index (χ2n) is 6.46. The molecule has 3 rings (SSSR count). The van der Waals surface area contributed by atoms with Crippen molar-refractivity contribution in [2.24, 2.45) is 0 Å². The Bertz CT molecular complexity index is 795. The Morgan fingerprint density at radius 1 is 1.21 bits per heavy atom. The van der Waals surface area contributed by atoms with Gasteiger partial charge in [-0.25, -0.2) is 4.39 Å². The number of hydrogen-bond donors (Lipinski definition) is 0. The minimum Gasteiger partial charge on any atom is -0.344 e. The van der Waals surface area contributed by atoms with Crippen LogP contribution in [0.15, 0.2) is 36.4 Å². The molecule has 0 amide bonds. The summed E-state index contributed by atoms with van der Waals surface area (Å²) in [7, 11) is 0. The van der Waals surface area contributed by atoms with E-state index >= 15 is 0 Å². The van der Waals surface area contributed by atoms with Crippen molar-refractivity contribution in [3.8, 4) is 0 Å². The lowest BCUT2D eigenvalue weighted by atomic mass is 9.74. The molecule has 2 aromatic carbocycles. The minimum absolute atomic E-state index is 0.262. The number of nitrogens with zero attached hydrogens (tertiary/aromatic N) is 1. The normalized spacial score (nSPS) is 18.9. The number of hydroxylamine groups is 1. The lowest BCUT2D eigenvalue weighted by molar-refractivity contribution is -0.131. The van der Waals surface area contributed by atoms with E-state index in [1.54, 1.807) is 18.2 Å². The maximum Gasteiger partial charge on any atom is 0.320 e. The first-order valence-electron chi connectivity index (χ1n) is 7.48. The highest BCUT2D eigenvalue weighted by atomic mass is 35.5. The standard InChI is InChI=1S/C18H16Cl2FNO2/c1-18(2)9-17(13-7-11(19)4-6-15(13)21)22(24-10-23)16-8-12(20)3-5-14(16)18/h3-8,10,17H,9H2,1-2H3. The summed E-state index contributed by atoms with van der Waals surface area (Å²) in [5.41, 5.74) is 1.74. The molecular weight excluding hydrogens is 352 g/mol. The molecule has 0 saturated carbocycles. The van der Waals surface area contributed by atoms with E-state index in [1.165, 1.54) is 17.2 Å². The Balaban J connectivity index is 2.19. The lowest BCUT2D eigenvalue weighted by Gasteiger charge is -2.44. The Labute approximate surface area is 149 Å². The maximum atomic E-state index is 14.4. The number of hydrogen-bond acceptors (Lipinski definition) is 3. The molecule has 0 saturated heterocycles. The van der Waals surface area contributed by atoms with Gasteiger partial charge in [0.25, 0.3) is 0 Å². The van der Waals surface area contributed by atoms with Gasteiger partial charge >= 0.3 is 6.47 Å². The van der Waals surface area contributed by atoms with Gasteiger partial charge in [0, 0.05) is 15.6 Å². The van der Waals surface area contributed by atoms with Crippen LogP contribution in [-0.4, -0.2) is 6.47 Å². The first kappa shape index (κ1) is 17.1. The molecule has 1 aliphatic rings. The number of carbonyl (C=O) groups is 1. The van der Waals surface area contributed by atoms with Crippen LogP contribution in [0.3, 0.4) is 0 Å². The highest BCUT2D eigenvalue weighted by molar-refractivity contribution is 6.31. The molecule has 3 nitrogen and oxygen atoms in total. The van der Waals surface area contributed by atoms with Crippen LogP contribution in [0.25, 0.3) is 0 Å². The van der Waals surface area contributed by atoms with Crippen LogP contribution in [0, 0.1) is 5.82 Å². The molecule has 1 aliphatic heterocycles. The van der Waals surface area contributed by atoms with E-state index in [4.69, 9.17) is 28.0 Å². The topological polar surface area (TPSA) is 29.5 Å². The minimum atomic E-state index is -0.505. The van der Waals surface area contributed by atoms with Crippen molar-refractivity contribution in [2.45, 2.75) is 31.7 Å². The van der Waals surface area contributed by atoms with Crippen LogP contribution >= 0.6 is 23.2 Å². The summed E-state index contributed by atoms with van der Waals surface area (Å²) in [5, 5.41) is 2.34. The van der Waals surface area contributed by atoms with E-state index in [0.717, 1.165) is 5.56 Å². The van der Waals surface area contributed by atoms with Gasteiger partial charge in [-0.1, -0.05) is 43.1 Å². The molecule has 0 bridgehead atoms. The van der Waals surface area contributed by atoms with Gasteiger partial charge in [-0.15, -0.1) is 0 Å². The lowest BCUT2D eigenvalue weighted by Crippen LogP contribution is -2.40. The summed E-state index contributed by atoms with van der Waals surface area (Å²) in [4.78, 5) is 16.2. The number of benzene rings is 2. The van der Waals surface area contributed by atoms with Crippen molar-refractivity contribution in [2.75, 3.05) is 5.06 Å². The van der Waals surface area contributed by atoms with E-state index < -0.39 is 11.9 Å². The molecule has 0 aliphatic carbocycles. The summed E-state index contributed by atoms with van der Waals surface area (Å²) in [6.07, 6.45) is 0.548. The number of carbonyl (C=O) groups excluding carboxylic acids is 1. The quantitative estimate of drug-likeness (QED) is 0.675. The Morgan fingerprint density at radius 2 is 1.88 bits per heavy atom. The van der Waals surface area contributed by atoms with Crippen molar-refractivity contribution >= 4 is 35.4 Å². The van der Waals surface area contributed by atoms with Crippen molar-refractivity contribution in [1.29, 1.82) is 0 Å². The zero-order valence-corrected chi connectivity index (χ0v) is 14.7. The van der Waals surface area contributed by atoms with Crippen LogP contribution in [0.2, 0.25) is 10.0 Å². The van der Waals surface area contributed by atoms with Gasteiger partial charge in [0.15, 0.2) is 0 Å². The second-order valence-corrected chi connectivity index (χ2v) is 7.33. The molecule has 2 aromatic rings. The SMILES string of the molecule is CC1(C)CC(c2cc(Cl)ccc2F)N(OC=O)c2cc(Cl)ccc21. The van der Waals surface area contributed by atoms with Crippen molar-refractivity contribution in [3.63, 3.8) is 0 Å². The summed E-state index contributed by atoms with van der Waals surface area (Å²) in [6, 6.07) is 9.28. The van der Waals surface area contributed by atoms with Gasteiger partial charge in [0.05, 0.1) is 11.7 Å². The average molecular weight is 368 g/mol. The first-order valence-corrected chi connectivity index (χ1v) is 8.24. The van der Waals surface area contributed by atoms with Crippen molar-refractivity contribution < 1.29 is 14.0 Å². The van der Waals surface area contributed by atoms with E-state index in [2.05, 4.69) is 13.8 Å². The second kappa shape index (κ2) is 6.26. The highest BCUT2D eigenvalue weighted by Crippen LogP contribution is 2.49. The van der Waals surface area contributed by atoms with Gasteiger partial charge in [-0.05, 0) is 47.7 Å². The molecule has 0 N–H and O–H groups in total. The monoisotopic (exact) mass is 367 g/mol. The van der Waals surface area contributed by atoms with Crippen LogP contribution < -0.4 is 5.06 Å². The molecule has 6 heteroatoms. The van der Waals surface area contributed by atoms with E-state index in [1.807, 2.05) is 6.07 Å². The molecule has 24 heavy (non-hydrogen) atoms. The molecule has 1 atom stereocenters. The van der Waals surface area contributed by atoms with Crippen LogP contribution in [0.4, 0.5) is 10.1 Å². The Morgan fingerprint density at radius 3 is 2.58 bits per heavy atom. The fourth-order valence-electron chi connectivity index (χ4n) is 3.29. The fraction of sp³-hybridized carbons (Fsp3) is 0.278. The van der Waals surface area contributed by atoms with Crippen molar-refractivity contribution in [3.05, 3.63) is 63.4 Å². The summed E-state index contributed by atoms with van der Waals surface area (Å²) in [5.74, 6) is -0.398. The largest absolute Gasteiger partial charge is 0.344 e. The molecule has 0 fully saturated rings. The first-order chi connectivity index (χ1) is 11.3. The van der Waals surface area contributed by atoms with E-state index in [-0.39, 0.29) is 5.41 Å². The smallest absolute Gasteiger partial charge is 0.320 e. The zero-order chi connectivity index (χ0) is 17.5. The van der Waals surface area contributed by atoms with E-state index in [0.29, 0.717) is 34.2 Å². The average Bonchev–Trinajstić information content (AvgIpc) is 2.52. The summed E-state index contributed by atoms with van der Waals surface area (Å²) < 4.78 is 14.4. The predicted molar refractivity (Wildman–Crippen MR) is 92.9 cm³/mol. The van der Waals surface area contributed by atoms with Gasteiger partial charge < -0.3 is 4.84 Å². The third-order valence-electron chi connectivity index (χ3n) is 4.39. The maximum absolute atomic E-state index is 14.4. The third kappa shape index (κ3) is 2.96. The van der Waals surface area contributed by atoms with Crippen LogP contribution in [-0.2, 0) is 15.0 Å². The summed E-state index contributed by atoms with van der Waals surface area (Å²) >= 11 is 12.2. The highest BCUT2D eigenvalue weighted by Gasteiger charge is 2.40. The molecule has 0 spiro atoms. The number of rotatable bonds is 3. The van der Waals surface area contributed by atoms with Gasteiger partial charge in [-0.3, -0.25) is 4.79 Å². The fourth-order valence-corrected chi connectivity index (χ4v) is 3.63. The Kier molecular flexibility index (Phi) is 4.45. The zero-order valence-electron chi connectivity index (χ0n) is 13.2. The Hall–Kier alpha value is -1.78. The van der Waals surface area contributed by atoms with Crippen LogP contribution in [0.5, 0.6) is 0 Å². The molecule has 1 unspecified atom stereocenters. The van der Waals surface area contributed by atoms with Gasteiger partial charge in [-0.2, -0.15) is 5.06 Å². The predicted octanol–water partition coefficient (Wildman–Crippen LogP) is 5.45. The molecular formula is C18H16Cl2FNO2. The van der Waals surface area contributed by atoms with Gasteiger partial charge in [0.1, 0.15) is 5.82 Å². The third-order valence-corrected chi connectivity index (χ3v) is 4.86. The molecule has 126 valence electrons. The molecule has 1 heterocycles. The molecule has 0 radical (unpaired) electrons. The number of anilines is 1. The number of halogens is 3. The molecule has 0 aromatic heterocycles. The summed E-state index contributed by atoms with van der Waals surface area (Å²) in [6.45, 7) is 4.46.